The molecule has 0 spiro atoms. The van der Waals surface area contributed by atoms with Crippen LogP contribution in [0.25, 0.3) is 0 Å². The summed E-state index contributed by atoms with van der Waals surface area (Å²) in [6.45, 7) is 1.09. The molecule has 82 valence electrons. The molecule has 1 saturated heterocycles. The van der Waals surface area contributed by atoms with Crippen LogP contribution in [0.4, 0.5) is 4.39 Å². The molecule has 0 saturated carbocycles. The van der Waals surface area contributed by atoms with Crippen LogP contribution in [0.15, 0.2) is 16.6 Å². The molecule has 0 aromatic heterocycles. The average Bonchev–Trinajstić information content (AvgIpc) is 2.74. The maximum Gasteiger partial charge on any atom is 0.187 e. The molecule has 2 rings (SSSR count). The Kier molecular flexibility index (Phi) is 3.23. The minimum absolute atomic E-state index is 0.367. The average molecular weight is 277 g/mol. The van der Waals surface area contributed by atoms with Gasteiger partial charge in [0.25, 0.3) is 0 Å². The molecule has 0 amide bonds. The summed E-state index contributed by atoms with van der Waals surface area (Å²) in [4.78, 5) is 0. The lowest BCUT2D eigenvalue weighted by atomic mass is 10.2. The highest BCUT2D eigenvalue weighted by atomic mass is 79.9. The first-order valence-electron chi connectivity index (χ1n) is 4.48. The summed E-state index contributed by atoms with van der Waals surface area (Å²) < 4.78 is 29.3. The van der Waals surface area contributed by atoms with Crippen LogP contribution in [0.5, 0.6) is 5.75 Å². The smallest absolute Gasteiger partial charge is 0.187 e. The molecule has 1 aromatic rings. The van der Waals surface area contributed by atoms with Crippen molar-refractivity contribution in [3.05, 3.63) is 28.0 Å². The van der Waals surface area contributed by atoms with Crippen molar-refractivity contribution >= 4 is 15.9 Å². The second-order valence-corrected chi connectivity index (χ2v) is 3.94. The van der Waals surface area contributed by atoms with Gasteiger partial charge >= 0.3 is 0 Å². The number of hydrogen-bond donors (Lipinski definition) is 0. The number of ether oxygens (including phenoxy) is 3. The van der Waals surface area contributed by atoms with Crippen molar-refractivity contribution in [3.8, 4) is 5.75 Å². The zero-order valence-electron chi connectivity index (χ0n) is 8.13. The topological polar surface area (TPSA) is 27.7 Å². The summed E-state index contributed by atoms with van der Waals surface area (Å²) in [5.41, 5.74) is 0.697. The van der Waals surface area contributed by atoms with E-state index in [0.29, 0.717) is 29.0 Å². The Bertz CT molecular complexity index is 364. The molecular formula is C10H10BrFO3. The third kappa shape index (κ3) is 2.14. The number of methoxy groups -OCH3 is 1. The van der Waals surface area contributed by atoms with Gasteiger partial charge in [-0.15, -0.1) is 0 Å². The summed E-state index contributed by atoms with van der Waals surface area (Å²) >= 11 is 3.11. The second kappa shape index (κ2) is 4.47. The molecule has 0 N–H and O–H groups in total. The van der Waals surface area contributed by atoms with Crippen LogP contribution in [-0.4, -0.2) is 20.3 Å². The molecule has 0 radical (unpaired) electrons. The van der Waals surface area contributed by atoms with E-state index in [2.05, 4.69) is 15.9 Å². The minimum atomic E-state index is -0.461. The fraction of sp³-hybridized carbons (Fsp3) is 0.400. The molecule has 0 atom stereocenters. The van der Waals surface area contributed by atoms with Crippen LogP contribution >= 0.6 is 15.9 Å². The van der Waals surface area contributed by atoms with E-state index in [1.165, 1.54) is 13.2 Å². The van der Waals surface area contributed by atoms with Gasteiger partial charge in [-0.3, -0.25) is 0 Å². The van der Waals surface area contributed by atoms with E-state index >= 15 is 0 Å². The highest BCUT2D eigenvalue weighted by molar-refractivity contribution is 9.10. The maximum atomic E-state index is 13.2. The normalized spacial score (nSPS) is 17.0. The van der Waals surface area contributed by atoms with Crippen molar-refractivity contribution in [2.75, 3.05) is 20.3 Å². The van der Waals surface area contributed by atoms with E-state index in [1.807, 2.05) is 0 Å². The summed E-state index contributed by atoms with van der Waals surface area (Å²) in [6.07, 6.45) is -0.461. The first kappa shape index (κ1) is 10.9. The molecule has 0 unspecified atom stereocenters. The predicted octanol–water partition coefficient (Wildman–Crippen LogP) is 2.64. The number of halogens is 2. The van der Waals surface area contributed by atoms with E-state index in [1.54, 1.807) is 6.07 Å². The van der Waals surface area contributed by atoms with E-state index < -0.39 is 6.29 Å². The summed E-state index contributed by atoms with van der Waals surface area (Å²) in [5, 5.41) is 0. The van der Waals surface area contributed by atoms with Crippen molar-refractivity contribution in [1.29, 1.82) is 0 Å². The lowest BCUT2D eigenvalue weighted by Crippen LogP contribution is -2.02. The molecule has 15 heavy (non-hydrogen) atoms. The Morgan fingerprint density at radius 3 is 2.67 bits per heavy atom. The number of benzene rings is 1. The number of hydrogen-bond acceptors (Lipinski definition) is 3. The molecule has 1 aliphatic rings. The standard InChI is InChI=1S/C10H10BrFO3/c1-13-9-5-8(12)7(11)4-6(9)10-14-2-3-15-10/h4-5,10H,2-3H2,1H3. The quantitative estimate of drug-likeness (QED) is 0.831. The Balaban J connectivity index is 2.39. The summed E-state index contributed by atoms with van der Waals surface area (Å²) in [6, 6.07) is 2.93. The van der Waals surface area contributed by atoms with E-state index in [4.69, 9.17) is 14.2 Å². The molecule has 0 bridgehead atoms. The van der Waals surface area contributed by atoms with Gasteiger partial charge in [0, 0.05) is 6.07 Å². The summed E-state index contributed by atoms with van der Waals surface area (Å²) in [7, 11) is 1.49. The molecule has 1 fully saturated rings. The zero-order valence-corrected chi connectivity index (χ0v) is 9.71. The SMILES string of the molecule is COc1cc(F)c(Br)cc1C1OCCO1. The largest absolute Gasteiger partial charge is 0.496 e. The van der Waals surface area contributed by atoms with Crippen LogP contribution in [0.2, 0.25) is 0 Å². The lowest BCUT2D eigenvalue weighted by Gasteiger charge is -2.14. The van der Waals surface area contributed by atoms with Gasteiger partial charge in [0.05, 0.1) is 30.4 Å². The Morgan fingerprint density at radius 1 is 1.40 bits per heavy atom. The summed E-state index contributed by atoms with van der Waals surface area (Å²) in [5.74, 6) is 0.0659. The third-order valence-corrected chi connectivity index (χ3v) is 2.76. The Labute approximate surface area is 95.3 Å². The van der Waals surface area contributed by atoms with Crippen LogP contribution in [0.3, 0.4) is 0 Å². The first-order valence-corrected chi connectivity index (χ1v) is 5.28. The van der Waals surface area contributed by atoms with Gasteiger partial charge in [0.2, 0.25) is 0 Å². The van der Waals surface area contributed by atoms with Gasteiger partial charge in [0.15, 0.2) is 6.29 Å². The van der Waals surface area contributed by atoms with Crippen LogP contribution in [0.1, 0.15) is 11.9 Å². The van der Waals surface area contributed by atoms with Crippen molar-refractivity contribution in [2.45, 2.75) is 6.29 Å². The maximum absolute atomic E-state index is 13.2. The van der Waals surface area contributed by atoms with Gasteiger partial charge in [-0.1, -0.05) is 0 Å². The first-order chi connectivity index (χ1) is 7.22. The number of rotatable bonds is 2. The van der Waals surface area contributed by atoms with Crippen LogP contribution in [-0.2, 0) is 9.47 Å². The molecule has 1 aliphatic heterocycles. The van der Waals surface area contributed by atoms with Gasteiger partial charge in [-0.25, -0.2) is 4.39 Å². The molecular weight excluding hydrogens is 267 g/mol. The fourth-order valence-electron chi connectivity index (χ4n) is 1.44. The predicted molar refractivity (Wildman–Crippen MR) is 55.3 cm³/mol. The van der Waals surface area contributed by atoms with Crippen molar-refractivity contribution in [3.63, 3.8) is 0 Å². The molecule has 1 heterocycles. The van der Waals surface area contributed by atoms with Crippen molar-refractivity contribution in [2.24, 2.45) is 0 Å². The Morgan fingerprint density at radius 2 is 2.07 bits per heavy atom. The van der Waals surface area contributed by atoms with Crippen LogP contribution < -0.4 is 4.74 Å². The molecule has 1 aromatic carbocycles. The zero-order chi connectivity index (χ0) is 10.8. The van der Waals surface area contributed by atoms with Crippen molar-refractivity contribution < 1.29 is 18.6 Å². The van der Waals surface area contributed by atoms with E-state index in [0.717, 1.165) is 0 Å². The molecule has 5 heteroatoms. The van der Waals surface area contributed by atoms with Crippen molar-refractivity contribution in [1.82, 2.24) is 0 Å². The highest BCUT2D eigenvalue weighted by Gasteiger charge is 2.23. The molecule has 3 nitrogen and oxygen atoms in total. The highest BCUT2D eigenvalue weighted by Crippen LogP contribution is 2.34. The minimum Gasteiger partial charge on any atom is -0.496 e. The van der Waals surface area contributed by atoms with Gasteiger partial charge in [-0.2, -0.15) is 0 Å². The second-order valence-electron chi connectivity index (χ2n) is 3.08. The van der Waals surface area contributed by atoms with Crippen LogP contribution in [0, 0.1) is 5.82 Å². The fourth-order valence-corrected chi connectivity index (χ4v) is 1.80. The van der Waals surface area contributed by atoms with Gasteiger partial charge in [-0.05, 0) is 22.0 Å². The Hall–Kier alpha value is -0.650. The monoisotopic (exact) mass is 276 g/mol. The third-order valence-electron chi connectivity index (χ3n) is 2.15. The van der Waals surface area contributed by atoms with Gasteiger partial charge in [0.1, 0.15) is 11.6 Å². The van der Waals surface area contributed by atoms with E-state index in [-0.39, 0.29) is 5.82 Å². The lowest BCUT2D eigenvalue weighted by molar-refractivity contribution is -0.0455. The molecule has 0 aliphatic carbocycles. The van der Waals surface area contributed by atoms with Gasteiger partial charge < -0.3 is 14.2 Å². The van der Waals surface area contributed by atoms with E-state index in [9.17, 15) is 4.39 Å².